The number of nitrogens with one attached hydrogen (secondary N) is 1. The first-order valence-electron chi connectivity index (χ1n) is 5.04. The Balaban J connectivity index is 2.00. The Labute approximate surface area is 82.5 Å². The second-order valence-corrected chi connectivity index (χ2v) is 3.57. The first kappa shape index (κ1) is 9.61. The van der Waals surface area contributed by atoms with Crippen molar-refractivity contribution < 1.29 is 9.63 Å². The summed E-state index contributed by atoms with van der Waals surface area (Å²) in [5, 5.41) is 15.8. The molecule has 0 saturated carbocycles. The molecule has 78 valence electrons. The predicted molar refractivity (Wildman–Crippen MR) is 49.9 cm³/mol. The summed E-state index contributed by atoms with van der Waals surface area (Å²) in [7, 11) is 0. The number of aliphatic hydroxyl groups excluding tert-OH is 1. The summed E-state index contributed by atoms with van der Waals surface area (Å²) in [6.07, 6.45) is 2.74. The fourth-order valence-electron chi connectivity index (χ4n) is 1.70. The third kappa shape index (κ3) is 2.10. The number of rotatable bonds is 3. The van der Waals surface area contributed by atoms with E-state index < -0.39 is 0 Å². The van der Waals surface area contributed by atoms with Crippen molar-refractivity contribution >= 4 is 0 Å². The van der Waals surface area contributed by atoms with E-state index in [2.05, 4.69) is 15.5 Å². The molecule has 0 aliphatic carbocycles. The molecular weight excluding hydrogens is 182 g/mol. The summed E-state index contributed by atoms with van der Waals surface area (Å²) in [5.41, 5.74) is 0. The van der Waals surface area contributed by atoms with Crippen LogP contribution < -0.4 is 5.32 Å². The number of aliphatic hydroxyl groups is 1. The Morgan fingerprint density at radius 2 is 2.50 bits per heavy atom. The van der Waals surface area contributed by atoms with Gasteiger partial charge in [0.1, 0.15) is 0 Å². The molecule has 1 saturated heterocycles. The van der Waals surface area contributed by atoms with E-state index in [1.54, 1.807) is 0 Å². The molecular formula is C9H15N3O2. The van der Waals surface area contributed by atoms with Gasteiger partial charge in [-0.1, -0.05) is 5.16 Å². The molecule has 0 amide bonds. The Morgan fingerprint density at radius 3 is 3.21 bits per heavy atom. The minimum Gasteiger partial charge on any atom is -0.396 e. The van der Waals surface area contributed by atoms with Crippen LogP contribution in [0.15, 0.2) is 4.52 Å². The summed E-state index contributed by atoms with van der Waals surface area (Å²) in [6, 6.07) is 0. The summed E-state index contributed by atoms with van der Waals surface area (Å²) >= 11 is 0. The molecule has 1 unspecified atom stereocenters. The van der Waals surface area contributed by atoms with E-state index in [0.29, 0.717) is 24.1 Å². The zero-order chi connectivity index (χ0) is 9.80. The highest BCUT2D eigenvalue weighted by Gasteiger charge is 2.20. The number of hydrogen-bond acceptors (Lipinski definition) is 5. The summed E-state index contributed by atoms with van der Waals surface area (Å²) in [5.74, 6) is 1.66. The van der Waals surface area contributed by atoms with E-state index in [1.807, 2.05) is 0 Å². The van der Waals surface area contributed by atoms with Gasteiger partial charge in [0.25, 0.3) is 0 Å². The van der Waals surface area contributed by atoms with Crippen LogP contribution >= 0.6 is 0 Å². The summed E-state index contributed by atoms with van der Waals surface area (Å²) < 4.78 is 5.14. The van der Waals surface area contributed by atoms with E-state index in [0.717, 1.165) is 25.9 Å². The van der Waals surface area contributed by atoms with E-state index in [4.69, 9.17) is 9.63 Å². The van der Waals surface area contributed by atoms with Crippen molar-refractivity contribution in [3.63, 3.8) is 0 Å². The van der Waals surface area contributed by atoms with Gasteiger partial charge < -0.3 is 14.9 Å². The minimum atomic E-state index is 0.0713. The average molecular weight is 197 g/mol. The average Bonchev–Trinajstić information content (AvgIpc) is 2.68. The molecule has 5 nitrogen and oxygen atoms in total. The Hall–Kier alpha value is -0.940. The summed E-state index contributed by atoms with van der Waals surface area (Å²) in [4.78, 5) is 4.25. The van der Waals surface area contributed by atoms with E-state index in [-0.39, 0.29) is 6.61 Å². The highest BCUT2D eigenvalue weighted by Crippen LogP contribution is 2.21. The smallest absolute Gasteiger partial charge is 0.231 e. The molecule has 1 atom stereocenters. The van der Waals surface area contributed by atoms with E-state index in [1.165, 1.54) is 0 Å². The van der Waals surface area contributed by atoms with Crippen molar-refractivity contribution in [3.8, 4) is 0 Å². The van der Waals surface area contributed by atoms with Crippen LogP contribution in [0.2, 0.25) is 0 Å². The van der Waals surface area contributed by atoms with Gasteiger partial charge in [0.05, 0.1) is 12.5 Å². The Bertz CT molecular complexity index is 281. The van der Waals surface area contributed by atoms with Gasteiger partial charge in [-0.2, -0.15) is 4.98 Å². The molecule has 1 aliphatic heterocycles. The van der Waals surface area contributed by atoms with Crippen LogP contribution in [-0.2, 0) is 6.42 Å². The van der Waals surface area contributed by atoms with Crippen LogP contribution in [0.4, 0.5) is 0 Å². The molecule has 2 rings (SSSR count). The van der Waals surface area contributed by atoms with Crippen LogP contribution in [-0.4, -0.2) is 34.9 Å². The van der Waals surface area contributed by atoms with Crippen molar-refractivity contribution in [1.82, 2.24) is 15.5 Å². The number of piperidine rings is 1. The van der Waals surface area contributed by atoms with E-state index in [9.17, 15) is 0 Å². The molecule has 1 aromatic heterocycles. The second kappa shape index (κ2) is 4.52. The molecule has 0 radical (unpaired) electrons. The molecule has 14 heavy (non-hydrogen) atoms. The van der Waals surface area contributed by atoms with Crippen LogP contribution in [0, 0.1) is 0 Å². The van der Waals surface area contributed by atoms with Gasteiger partial charge in [-0.15, -0.1) is 0 Å². The number of hydrogen-bond donors (Lipinski definition) is 2. The lowest BCUT2D eigenvalue weighted by Crippen LogP contribution is -2.28. The van der Waals surface area contributed by atoms with Crippen LogP contribution in [0.3, 0.4) is 0 Å². The minimum absolute atomic E-state index is 0.0713. The standard InChI is InChI=1S/C9H15N3O2/c13-5-3-8-11-9(14-12-8)7-2-1-4-10-6-7/h7,10,13H,1-6H2. The molecule has 1 fully saturated rings. The lowest BCUT2D eigenvalue weighted by molar-refractivity contribution is 0.290. The number of nitrogens with zero attached hydrogens (tertiary/aromatic N) is 2. The van der Waals surface area contributed by atoms with Crippen molar-refractivity contribution in [1.29, 1.82) is 0 Å². The lowest BCUT2D eigenvalue weighted by atomic mass is 10.00. The van der Waals surface area contributed by atoms with Gasteiger partial charge in [-0.05, 0) is 19.4 Å². The maximum atomic E-state index is 8.71. The quantitative estimate of drug-likeness (QED) is 0.717. The number of aromatic nitrogens is 2. The molecule has 1 aliphatic rings. The second-order valence-electron chi connectivity index (χ2n) is 3.57. The fraction of sp³-hybridized carbons (Fsp3) is 0.778. The highest BCUT2D eigenvalue weighted by atomic mass is 16.5. The van der Waals surface area contributed by atoms with Gasteiger partial charge in [-0.3, -0.25) is 0 Å². The van der Waals surface area contributed by atoms with Crippen LogP contribution in [0.5, 0.6) is 0 Å². The first-order valence-corrected chi connectivity index (χ1v) is 5.04. The van der Waals surface area contributed by atoms with Gasteiger partial charge in [-0.25, -0.2) is 0 Å². The van der Waals surface area contributed by atoms with Gasteiger partial charge >= 0.3 is 0 Å². The molecule has 0 aromatic carbocycles. The lowest BCUT2D eigenvalue weighted by Gasteiger charge is -2.18. The molecule has 0 bridgehead atoms. The Kier molecular flexibility index (Phi) is 3.10. The SMILES string of the molecule is OCCc1noc(C2CCCNC2)n1. The molecule has 5 heteroatoms. The molecule has 1 aromatic rings. The molecule has 2 heterocycles. The zero-order valence-electron chi connectivity index (χ0n) is 8.07. The summed E-state index contributed by atoms with van der Waals surface area (Å²) in [6.45, 7) is 2.07. The van der Waals surface area contributed by atoms with Crippen molar-refractivity contribution in [3.05, 3.63) is 11.7 Å². The molecule has 2 N–H and O–H groups in total. The van der Waals surface area contributed by atoms with Crippen LogP contribution in [0.25, 0.3) is 0 Å². The topological polar surface area (TPSA) is 71.2 Å². The maximum Gasteiger partial charge on any atom is 0.231 e. The zero-order valence-corrected chi connectivity index (χ0v) is 8.07. The highest BCUT2D eigenvalue weighted by molar-refractivity contribution is 4.96. The van der Waals surface area contributed by atoms with Gasteiger partial charge in [0.15, 0.2) is 5.82 Å². The molecule has 0 spiro atoms. The maximum absolute atomic E-state index is 8.71. The Morgan fingerprint density at radius 1 is 1.57 bits per heavy atom. The third-order valence-electron chi connectivity index (χ3n) is 2.47. The largest absolute Gasteiger partial charge is 0.396 e. The van der Waals surface area contributed by atoms with Crippen molar-refractivity contribution in [2.45, 2.75) is 25.2 Å². The van der Waals surface area contributed by atoms with Crippen molar-refractivity contribution in [2.24, 2.45) is 0 Å². The third-order valence-corrected chi connectivity index (χ3v) is 2.47. The van der Waals surface area contributed by atoms with Crippen LogP contribution in [0.1, 0.15) is 30.5 Å². The fourth-order valence-corrected chi connectivity index (χ4v) is 1.70. The van der Waals surface area contributed by atoms with E-state index >= 15 is 0 Å². The normalized spacial score (nSPS) is 22.5. The first-order chi connectivity index (χ1) is 6.90. The van der Waals surface area contributed by atoms with Gasteiger partial charge in [0.2, 0.25) is 5.89 Å². The van der Waals surface area contributed by atoms with Gasteiger partial charge in [0, 0.05) is 13.0 Å². The predicted octanol–water partition coefficient (Wildman–Crippen LogP) is 0.0714. The monoisotopic (exact) mass is 197 g/mol. The van der Waals surface area contributed by atoms with Crippen molar-refractivity contribution in [2.75, 3.05) is 19.7 Å².